The maximum absolute atomic E-state index is 13.2. The number of thiophene rings is 1. The van der Waals surface area contributed by atoms with Crippen LogP contribution in [0.3, 0.4) is 0 Å². The highest BCUT2D eigenvalue weighted by atomic mass is 32.1. The second-order valence-electron chi connectivity index (χ2n) is 8.54. The highest BCUT2D eigenvalue weighted by Gasteiger charge is 2.22. The number of carbonyl (C=O) groups excluding carboxylic acids is 1. The number of aromatic nitrogens is 1. The number of nitrogen functional groups attached to an aromatic ring is 1. The zero-order chi connectivity index (χ0) is 25.4. The molecule has 0 atom stereocenters. The molecule has 0 fully saturated rings. The third-order valence-corrected chi connectivity index (χ3v) is 7.36. The topological polar surface area (TPSA) is 95.7 Å². The number of carbonyl (C=O) groups is 1. The van der Waals surface area contributed by atoms with Crippen molar-refractivity contribution in [2.24, 2.45) is 0 Å². The molecule has 0 spiro atoms. The number of methoxy groups -OCH3 is 1. The number of hydrogen-bond donors (Lipinski definition) is 2. The molecule has 3 heterocycles. The number of benzene rings is 3. The minimum atomic E-state index is -0.250. The van der Waals surface area contributed by atoms with Crippen LogP contribution < -0.4 is 25.3 Å². The van der Waals surface area contributed by atoms with Crippen molar-refractivity contribution in [3.8, 4) is 39.6 Å². The van der Waals surface area contributed by atoms with Crippen molar-refractivity contribution >= 4 is 33.1 Å². The van der Waals surface area contributed by atoms with Crippen LogP contribution in [0.25, 0.3) is 32.6 Å². The van der Waals surface area contributed by atoms with Crippen LogP contribution in [-0.4, -0.2) is 24.8 Å². The molecule has 0 saturated heterocycles. The summed E-state index contributed by atoms with van der Waals surface area (Å²) in [5.74, 6) is 1.89. The van der Waals surface area contributed by atoms with Crippen LogP contribution >= 0.6 is 11.3 Å². The van der Waals surface area contributed by atoms with E-state index in [4.69, 9.17) is 24.9 Å². The van der Waals surface area contributed by atoms with Crippen molar-refractivity contribution in [3.63, 3.8) is 0 Å². The van der Waals surface area contributed by atoms with Gasteiger partial charge in [0.25, 0.3) is 5.91 Å². The van der Waals surface area contributed by atoms with E-state index in [0.717, 1.165) is 39.1 Å². The maximum atomic E-state index is 13.2. The molecule has 184 valence electrons. The molecule has 2 aromatic heterocycles. The molecule has 1 aliphatic rings. The van der Waals surface area contributed by atoms with Gasteiger partial charge < -0.3 is 25.3 Å². The summed E-state index contributed by atoms with van der Waals surface area (Å²) in [6.45, 7) is 0.537. The number of amides is 1. The molecular formula is C29H23N3O4S. The van der Waals surface area contributed by atoms with Crippen molar-refractivity contribution in [1.82, 2.24) is 10.3 Å². The lowest BCUT2D eigenvalue weighted by atomic mass is 9.99. The Morgan fingerprint density at radius 2 is 1.78 bits per heavy atom. The molecule has 0 unspecified atom stereocenters. The smallest absolute Gasteiger partial charge is 0.263 e. The van der Waals surface area contributed by atoms with Crippen molar-refractivity contribution in [2.45, 2.75) is 6.54 Å². The summed E-state index contributed by atoms with van der Waals surface area (Å²) < 4.78 is 16.1. The Hall–Kier alpha value is -4.56. The number of anilines is 1. The number of fused-ring (bicyclic) bond motifs is 2. The molecule has 1 aliphatic heterocycles. The fraction of sp³-hybridized carbons (Fsp3) is 0.103. The molecule has 6 rings (SSSR count). The lowest BCUT2D eigenvalue weighted by Crippen LogP contribution is -2.22. The van der Waals surface area contributed by atoms with Crippen LogP contribution in [-0.2, 0) is 6.54 Å². The van der Waals surface area contributed by atoms with Gasteiger partial charge in [0.15, 0.2) is 11.5 Å². The number of hydrogen-bond acceptors (Lipinski definition) is 7. The molecule has 0 aliphatic carbocycles. The third-order valence-electron chi connectivity index (χ3n) is 6.27. The van der Waals surface area contributed by atoms with Crippen molar-refractivity contribution in [2.75, 3.05) is 19.6 Å². The zero-order valence-corrected chi connectivity index (χ0v) is 20.8. The average molecular weight is 510 g/mol. The number of nitrogens with two attached hydrogens (primary N) is 1. The predicted molar refractivity (Wildman–Crippen MR) is 145 cm³/mol. The summed E-state index contributed by atoms with van der Waals surface area (Å²) >= 11 is 1.30. The van der Waals surface area contributed by atoms with Crippen LogP contribution in [0.1, 0.15) is 15.2 Å². The van der Waals surface area contributed by atoms with Gasteiger partial charge in [0.2, 0.25) is 6.79 Å². The molecule has 3 N–H and O–H groups in total. The van der Waals surface area contributed by atoms with Crippen molar-refractivity contribution < 1.29 is 19.0 Å². The molecule has 5 aromatic rings. The lowest BCUT2D eigenvalue weighted by Gasteiger charge is -2.10. The normalized spacial score (nSPS) is 12.0. The van der Waals surface area contributed by atoms with Gasteiger partial charge in [-0.05, 0) is 47.0 Å². The Morgan fingerprint density at radius 3 is 2.57 bits per heavy atom. The largest absolute Gasteiger partial charge is 0.497 e. The van der Waals surface area contributed by atoms with Crippen LogP contribution in [0.2, 0.25) is 0 Å². The second kappa shape index (κ2) is 9.48. The standard InChI is InChI=1S/C29H23N3O4S/c1-34-20-10-8-18(9-11-20)21-14-22(19-5-3-2-4-6-19)32-29-25(21)26(30)27(37-29)28(33)31-15-17-7-12-23-24(13-17)36-16-35-23/h2-14H,15-16,30H2,1H3,(H,31,33). The molecule has 0 bridgehead atoms. The highest BCUT2D eigenvalue weighted by molar-refractivity contribution is 7.21. The quantitative estimate of drug-likeness (QED) is 0.297. The Morgan fingerprint density at radius 1 is 1.00 bits per heavy atom. The number of ether oxygens (including phenoxy) is 3. The Bertz CT molecular complexity index is 1610. The van der Waals surface area contributed by atoms with Crippen molar-refractivity contribution in [1.29, 1.82) is 0 Å². The number of nitrogens with zero attached hydrogens (tertiary/aromatic N) is 1. The Labute approximate surface area is 217 Å². The Balaban J connectivity index is 1.38. The van der Waals surface area contributed by atoms with E-state index in [-0.39, 0.29) is 12.7 Å². The fourth-order valence-corrected chi connectivity index (χ4v) is 5.39. The van der Waals surface area contributed by atoms with Crippen LogP contribution in [0.5, 0.6) is 17.2 Å². The number of pyridine rings is 1. The van der Waals surface area contributed by atoms with E-state index in [1.165, 1.54) is 11.3 Å². The van der Waals surface area contributed by atoms with E-state index in [2.05, 4.69) is 5.32 Å². The first kappa shape index (κ1) is 22.9. The highest BCUT2D eigenvalue weighted by Crippen LogP contribution is 2.41. The van der Waals surface area contributed by atoms with E-state index < -0.39 is 0 Å². The first-order chi connectivity index (χ1) is 18.1. The van der Waals surface area contributed by atoms with E-state index in [0.29, 0.717) is 33.4 Å². The van der Waals surface area contributed by atoms with E-state index in [1.54, 1.807) is 7.11 Å². The van der Waals surface area contributed by atoms with Crippen molar-refractivity contribution in [3.05, 3.63) is 89.3 Å². The Kier molecular flexibility index (Phi) is 5.86. The minimum Gasteiger partial charge on any atom is -0.497 e. The second-order valence-corrected chi connectivity index (χ2v) is 9.54. The summed E-state index contributed by atoms with van der Waals surface area (Å²) in [5, 5.41) is 3.75. The molecule has 0 radical (unpaired) electrons. The van der Waals surface area contributed by atoms with Gasteiger partial charge in [-0.1, -0.05) is 48.5 Å². The van der Waals surface area contributed by atoms with Gasteiger partial charge in [0.05, 0.1) is 18.5 Å². The molecule has 8 heteroatoms. The van der Waals surface area contributed by atoms with Crippen LogP contribution in [0.15, 0.2) is 78.9 Å². The summed E-state index contributed by atoms with van der Waals surface area (Å²) in [7, 11) is 1.64. The average Bonchev–Trinajstić information content (AvgIpc) is 3.55. The zero-order valence-electron chi connectivity index (χ0n) is 20.0. The summed E-state index contributed by atoms with van der Waals surface area (Å²) in [6, 6.07) is 25.4. The van der Waals surface area contributed by atoms with Gasteiger partial charge in [0.1, 0.15) is 15.5 Å². The fourth-order valence-electron chi connectivity index (χ4n) is 4.36. The van der Waals surface area contributed by atoms with Gasteiger partial charge in [0, 0.05) is 17.5 Å². The summed E-state index contributed by atoms with van der Waals surface area (Å²) in [5.41, 5.74) is 11.6. The number of nitrogens with one attached hydrogen (secondary N) is 1. The van der Waals surface area contributed by atoms with Crippen LogP contribution in [0.4, 0.5) is 5.69 Å². The van der Waals surface area contributed by atoms with Gasteiger partial charge in [-0.15, -0.1) is 11.3 Å². The molecular weight excluding hydrogens is 486 g/mol. The van der Waals surface area contributed by atoms with Gasteiger partial charge >= 0.3 is 0 Å². The van der Waals surface area contributed by atoms with Gasteiger partial charge in [-0.3, -0.25) is 4.79 Å². The molecule has 7 nitrogen and oxygen atoms in total. The van der Waals surface area contributed by atoms with Gasteiger partial charge in [-0.2, -0.15) is 0 Å². The third kappa shape index (κ3) is 4.32. The molecule has 1 amide bonds. The SMILES string of the molecule is COc1ccc(-c2cc(-c3ccccc3)nc3sc(C(=O)NCc4ccc5c(c4)OCO5)c(N)c23)cc1. The van der Waals surface area contributed by atoms with Gasteiger partial charge in [-0.25, -0.2) is 4.98 Å². The van der Waals surface area contributed by atoms with E-state index >= 15 is 0 Å². The minimum absolute atomic E-state index is 0.206. The summed E-state index contributed by atoms with van der Waals surface area (Å²) in [4.78, 5) is 19.3. The van der Waals surface area contributed by atoms with E-state index in [9.17, 15) is 4.79 Å². The van der Waals surface area contributed by atoms with Crippen LogP contribution in [0, 0.1) is 0 Å². The maximum Gasteiger partial charge on any atom is 0.263 e. The number of rotatable bonds is 6. The first-order valence-electron chi connectivity index (χ1n) is 11.7. The van der Waals surface area contributed by atoms with E-state index in [1.807, 2.05) is 78.9 Å². The monoisotopic (exact) mass is 509 g/mol. The molecule has 37 heavy (non-hydrogen) atoms. The predicted octanol–water partition coefficient (Wildman–Crippen LogP) is 5.88. The molecule has 3 aromatic carbocycles. The lowest BCUT2D eigenvalue weighted by molar-refractivity contribution is 0.0955. The first-order valence-corrected chi connectivity index (χ1v) is 12.5. The summed E-state index contributed by atoms with van der Waals surface area (Å²) in [6.07, 6.45) is 0. The molecule has 0 saturated carbocycles.